The van der Waals surface area contributed by atoms with Crippen LogP contribution in [0.2, 0.25) is 0 Å². The number of sulfone groups is 1. The molecule has 0 spiro atoms. The number of anilines is 1. The maximum atomic E-state index is 13.4. The lowest BCUT2D eigenvalue weighted by Gasteiger charge is -2.37. The molecule has 20 heavy (non-hydrogen) atoms. The highest BCUT2D eigenvalue weighted by atomic mass is 32.2. The fourth-order valence-corrected chi connectivity index (χ4v) is 5.21. The van der Waals surface area contributed by atoms with Crippen molar-refractivity contribution in [3.63, 3.8) is 0 Å². The molecule has 0 amide bonds. The summed E-state index contributed by atoms with van der Waals surface area (Å²) in [4.78, 5) is 1.89. The number of rotatable bonds is 4. The van der Waals surface area contributed by atoms with Crippen LogP contribution in [-0.4, -0.2) is 45.1 Å². The zero-order valence-corrected chi connectivity index (χ0v) is 13.2. The predicted molar refractivity (Wildman–Crippen MR) is 82.5 cm³/mol. The topological polar surface area (TPSA) is 49.4 Å². The smallest absolute Gasteiger partial charge is 0.169 e. The van der Waals surface area contributed by atoms with Crippen molar-refractivity contribution in [3.8, 4) is 0 Å². The van der Waals surface area contributed by atoms with E-state index in [0.717, 1.165) is 17.0 Å². The van der Waals surface area contributed by atoms with E-state index in [1.54, 1.807) is 24.9 Å². The van der Waals surface area contributed by atoms with Crippen LogP contribution in [0.5, 0.6) is 0 Å². The van der Waals surface area contributed by atoms with Crippen LogP contribution in [-0.2, 0) is 16.4 Å². The molecule has 0 bridgehead atoms. The fourth-order valence-electron chi connectivity index (χ4n) is 2.38. The molecule has 1 heterocycles. The van der Waals surface area contributed by atoms with E-state index in [2.05, 4.69) is 5.32 Å². The molecular formula is C13H19FN2O2S2. The number of benzene rings is 1. The minimum absolute atomic E-state index is 0.304. The Kier molecular flexibility index (Phi) is 4.93. The number of thioether (sulfide) groups is 1. The molecule has 1 unspecified atom stereocenters. The van der Waals surface area contributed by atoms with Crippen LogP contribution < -0.4 is 10.2 Å². The monoisotopic (exact) mass is 318 g/mol. The summed E-state index contributed by atoms with van der Waals surface area (Å²) >= 11 is 1.64. The Balaban J connectivity index is 2.42. The summed E-state index contributed by atoms with van der Waals surface area (Å²) < 4.78 is 37.3. The van der Waals surface area contributed by atoms with Gasteiger partial charge in [-0.25, -0.2) is 12.8 Å². The third-order valence-corrected chi connectivity index (χ3v) is 5.94. The van der Waals surface area contributed by atoms with Gasteiger partial charge in [0.1, 0.15) is 11.2 Å². The molecule has 7 heteroatoms. The Morgan fingerprint density at radius 2 is 2.25 bits per heavy atom. The first kappa shape index (κ1) is 15.6. The highest BCUT2D eigenvalue weighted by Crippen LogP contribution is 2.30. The first-order valence-corrected chi connectivity index (χ1v) is 9.50. The molecule has 0 aliphatic carbocycles. The summed E-state index contributed by atoms with van der Waals surface area (Å²) in [5.74, 6) is 1.12. The van der Waals surface area contributed by atoms with Gasteiger partial charge in [-0.1, -0.05) is 0 Å². The first-order chi connectivity index (χ1) is 9.43. The standard InChI is InChI=1S/C13H19FN2O2S2/c1-15-8-10-7-11(14)3-4-12(10)16-5-6-19-9-13(16)20(2,17)18/h3-4,7,13,15H,5-6,8-9H2,1-2H3. The highest BCUT2D eigenvalue weighted by molar-refractivity contribution is 8.01. The molecule has 0 radical (unpaired) electrons. The maximum Gasteiger partial charge on any atom is 0.169 e. The molecule has 1 atom stereocenters. The van der Waals surface area contributed by atoms with E-state index in [1.165, 1.54) is 18.4 Å². The summed E-state index contributed by atoms with van der Waals surface area (Å²) in [7, 11) is -1.39. The molecule has 0 aromatic heterocycles. The van der Waals surface area contributed by atoms with Gasteiger partial charge in [0.15, 0.2) is 9.84 Å². The van der Waals surface area contributed by atoms with Gasteiger partial charge in [-0.2, -0.15) is 11.8 Å². The number of hydrogen-bond donors (Lipinski definition) is 1. The van der Waals surface area contributed by atoms with Crippen LogP contribution in [0.4, 0.5) is 10.1 Å². The number of nitrogens with zero attached hydrogens (tertiary/aromatic N) is 1. The zero-order chi connectivity index (χ0) is 14.8. The Morgan fingerprint density at radius 3 is 2.90 bits per heavy atom. The summed E-state index contributed by atoms with van der Waals surface area (Å²) in [6, 6.07) is 4.53. The Morgan fingerprint density at radius 1 is 1.50 bits per heavy atom. The van der Waals surface area contributed by atoms with E-state index >= 15 is 0 Å². The van der Waals surface area contributed by atoms with Crippen molar-refractivity contribution >= 4 is 27.3 Å². The van der Waals surface area contributed by atoms with Gasteiger partial charge < -0.3 is 10.2 Å². The summed E-state index contributed by atoms with van der Waals surface area (Å²) in [6.07, 6.45) is 1.26. The third-order valence-electron chi connectivity index (χ3n) is 3.30. The normalized spacial score (nSPS) is 20.1. The van der Waals surface area contributed by atoms with Crippen LogP contribution >= 0.6 is 11.8 Å². The summed E-state index contributed by atoms with van der Waals surface area (Å²) in [6.45, 7) is 1.16. The van der Waals surface area contributed by atoms with Gasteiger partial charge in [0.25, 0.3) is 0 Å². The van der Waals surface area contributed by atoms with Crippen molar-refractivity contribution in [2.45, 2.75) is 11.9 Å². The van der Waals surface area contributed by atoms with Gasteiger partial charge in [-0.3, -0.25) is 0 Å². The van der Waals surface area contributed by atoms with Gasteiger partial charge in [-0.05, 0) is 30.8 Å². The number of halogens is 1. The largest absolute Gasteiger partial charge is 0.353 e. The summed E-state index contributed by atoms with van der Waals surface area (Å²) in [5, 5.41) is 2.46. The molecule has 1 N–H and O–H groups in total. The van der Waals surface area contributed by atoms with E-state index in [1.807, 2.05) is 4.90 Å². The molecule has 4 nitrogen and oxygen atoms in total. The predicted octanol–water partition coefficient (Wildman–Crippen LogP) is 1.47. The molecule has 0 saturated carbocycles. The van der Waals surface area contributed by atoms with E-state index in [9.17, 15) is 12.8 Å². The molecule has 1 aromatic carbocycles. The molecule has 1 aromatic rings. The van der Waals surface area contributed by atoms with Gasteiger partial charge in [0, 0.05) is 36.5 Å². The van der Waals surface area contributed by atoms with E-state index < -0.39 is 15.2 Å². The van der Waals surface area contributed by atoms with Crippen LogP contribution in [0.15, 0.2) is 18.2 Å². The van der Waals surface area contributed by atoms with Crippen LogP contribution in [0.1, 0.15) is 5.56 Å². The second kappa shape index (κ2) is 6.32. The van der Waals surface area contributed by atoms with Gasteiger partial charge in [-0.15, -0.1) is 0 Å². The first-order valence-electron chi connectivity index (χ1n) is 6.40. The highest BCUT2D eigenvalue weighted by Gasteiger charge is 2.32. The lowest BCUT2D eigenvalue weighted by Crippen LogP contribution is -2.47. The zero-order valence-electron chi connectivity index (χ0n) is 11.6. The van der Waals surface area contributed by atoms with Gasteiger partial charge >= 0.3 is 0 Å². The molecular weight excluding hydrogens is 299 g/mol. The van der Waals surface area contributed by atoms with E-state index in [0.29, 0.717) is 18.8 Å². The minimum atomic E-state index is -3.17. The van der Waals surface area contributed by atoms with E-state index in [4.69, 9.17) is 0 Å². The second-order valence-electron chi connectivity index (χ2n) is 4.86. The van der Waals surface area contributed by atoms with Crippen molar-refractivity contribution in [2.24, 2.45) is 0 Å². The Labute approximate surface area is 123 Å². The average molecular weight is 318 g/mol. The second-order valence-corrected chi connectivity index (χ2v) is 8.21. The average Bonchev–Trinajstić information content (AvgIpc) is 2.38. The molecule has 1 fully saturated rings. The third kappa shape index (κ3) is 3.45. The summed E-state index contributed by atoms with van der Waals surface area (Å²) in [5.41, 5.74) is 1.59. The lowest BCUT2D eigenvalue weighted by atomic mass is 10.1. The van der Waals surface area contributed by atoms with Gasteiger partial charge in [0.05, 0.1) is 0 Å². The molecule has 1 aliphatic heterocycles. The van der Waals surface area contributed by atoms with E-state index in [-0.39, 0.29) is 5.82 Å². The van der Waals surface area contributed by atoms with Crippen LogP contribution in [0.3, 0.4) is 0 Å². The molecule has 2 rings (SSSR count). The Hall–Kier alpha value is -0.790. The van der Waals surface area contributed by atoms with Crippen molar-refractivity contribution in [1.82, 2.24) is 5.32 Å². The fraction of sp³-hybridized carbons (Fsp3) is 0.538. The Bertz CT molecular complexity index is 578. The van der Waals surface area contributed by atoms with Crippen LogP contribution in [0.25, 0.3) is 0 Å². The SMILES string of the molecule is CNCc1cc(F)ccc1N1CCSCC1S(C)(=O)=O. The maximum absolute atomic E-state index is 13.4. The number of nitrogens with one attached hydrogen (secondary N) is 1. The van der Waals surface area contributed by atoms with Crippen molar-refractivity contribution in [1.29, 1.82) is 0 Å². The molecule has 1 saturated heterocycles. The van der Waals surface area contributed by atoms with Gasteiger partial charge in [0.2, 0.25) is 0 Å². The minimum Gasteiger partial charge on any atom is -0.353 e. The molecule has 112 valence electrons. The van der Waals surface area contributed by atoms with Crippen LogP contribution in [0, 0.1) is 5.82 Å². The van der Waals surface area contributed by atoms with Crippen molar-refractivity contribution in [3.05, 3.63) is 29.6 Å². The molecule has 1 aliphatic rings. The lowest BCUT2D eigenvalue weighted by molar-refractivity contribution is 0.583. The number of hydrogen-bond acceptors (Lipinski definition) is 5. The van der Waals surface area contributed by atoms with Crippen molar-refractivity contribution in [2.75, 3.05) is 36.3 Å². The quantitative estimate of drug-likeness (QED) is 0.911. The van der Waals surface area contributed by atoms with Crippen molar-refractivity contribution < 1.29 is 12.8 Å².